The third kappa shape index (κ3) is 5.62. The highest BCUT2D eigenvalue weighted by atomic mass is 79.9. The number of aromatic nitrogens is 1. The summed E-state index contributed by atoms with van der Waals surface area (Å²) in [7, 11) is 0. The molecule has 2 aromatic rings. The molecule has 1 aromatic carbocycles. The van der Waals surface area contributed by atoms with Crippen LogP contribution in [-0.4, -0.2) is 42.2 Å². The van der Waals surface area contributed by atoms with Gasteiger partial charge in [-0.15, -0.1) is 0 Å². The van der Waals surface area contributed by atoms with Crippen molar-refractivity contribution in [2.24, 2.45) is 0 Å². The van der Waals surface area contributed by atoms with Crippen molar-refractivity contribution in [2.45, 2.75) is 39.3 Å². The van der Waals surface area contributed by atoms with E-state index in [-0.39, 0.29) is 25.1 Å². The quantitative estimate of drug-likeness (QED) is 0.407. The number of rotatable bonds is 8. The van der Waals surface area contributed by atoms with E-state index in [4.69, 9.17) is 25.8 Å². The summed E-state index contributed by atoms with van der Waals surface area (Å²) in [5, 5.41) is 0.550. The van der Waals surface area contributed by atoms with Crippen LogP contribution in [0.1, 0.15) is 34.6 Å². The Balaban J connectivity index is 1.52. The Morgan fingerprint density at radius 2 is 2.07 bits per heavy atom. The first-order chi connectivity index (χ1) is 13.8. The second-order valence-corrected chi connectivity index (χ2v) is 8.27. The third-order valence-corrected chi connectivity index (χ3v) is 5.74. The molecule has 156 valence electrons. The lowest BCUT2D eigenvalue weighted by Gasteiger charge is -2.14. The van der Waals surface area contributed by atoms with Gasteiger partial charge in [0, 0.05) is 35.1 Å². The number of nitrogens with zero attached hydrogens (tertiary/aromatic N) is 1. The van der Waals surface area contributed by atoms with Gasteiger partial charge in [-0.05, 0) is 66.9 Å². The number of ether oxygens (including phenoxy) is 3. The predicted molar refractivity (Wildman–Crippen MR) is 113 cm³/mol. The van der Waals surface area contributed by atoms with E-state index < -0.39 is 5.97 Å². The summed E-state index contributed by atoms with van der Waals surface area (Å²) in [6, 6.07) is 6.80. The van der Waals surface area contributed by atoms with E-state index in [9.17, 15) is 9.59 Å². The number of carbonyl (C=O) groups is 2. The largest absolute Gasteiger partial charge is 0.481 e. The molecule has 1 aliphatic heterocycles. The van der Waals surface area contributed by atoms with Crippen LogP contribution in [0.4, 0.5) is 0 Å². The zero-order chi connectivity index (χ0) is 21.0. The summed E-state index contributed by atoms with van der Waals surface area (Å²) in [5.74, 6) is -0.388. The van der Waals surface area contributed by atoms with Crippen LogP contribution in [-0.2, 0) is 20.8 Å². The standard InChI is InChI=1S/C21H23BrClNO5/c1-13-8-17(14(2)24(13)10-16-4-3-7-27-16)19(25)11-29-21(26)12-28-20-6-5-15(23)9-18(20)22/h5-6,8-9,16H,3-4,7,10-12H2,1-2H3. The van der Waals surface area contributed by atoms with Gasteiger partial charge in [-0.25, -0.2) is 4.79 Å². The molecule has 8 heteroatoms. The normalized spacial score (nSPS) is 16.1. The Bertz CT molecular complexity index is 905. The number of Topliss-reactive ketones (excluding diaryl/α,β-unsaturated/α-hetero) is 1. The Kier molecular flexibility index (Phi) is 7.38. The zero-order valence-corrected chi connectivity index (χ0v) is 18.7. The van der Waals surface area contributed by atoms with E-state index >= 15 is 0 Å². The number of ketones is 1. The van der Waals surface area contributed by atoms with E-state index in [1.165, 1.54) is 0 Å². The van der Waals surface area contributed by atoms with Crippen LogP contribution in [0.25, 0.3) is 0 Å². The maximum atomic E-state index is 12.6. The predicted octanol–water partition coefficient (Wildman–Crippen LogP) is 4.50. The van der Waals surface area contributed by atoms with Crippen LogP contribution in [0, 0.1) is 13.8 Å². The van der Waals surface area contributed by atoms with Crippen LogP contribution in [0.5, 0.6) is 5.75 Å². The number of aryl methyl sites for hydroxylation is 1. The van der Waals surface area contributed by atoms with Gasteiger partial charge in [0.1, 0.15) is 5.75 Å². The fourth-order valence-electron chi connectivity index (χ4n) is 3.35. The number of esters is 1. The third-order valence-electron chi connectivity index (χ3n) is 4.89. The van der Waals surface area contributed by atoms with E-state index in [0.29, 0.717) is 20.8 Å². The summed E-state index contributed by atoms with van der Waals surface area (Å²) in [6.45, 7) is 4.76. The van der Waals surface area contributed by atoms with Crippen molar-refractivity contribution in [3.63, 3.8) is 0 Å². The monoisotopic (exact) mass is 483 g/mol. The summed E-state index contributed by atoms with van der Waals surface area (Å²) in [5.41, 5.74) is 2.42. The van der Waals surface area contributed by atoms with Crippen LogP contribution in [0.3, 0.4) is 0 Å². The van der Waals surface area contributed by atoms with Crippen molar-refractivity contribution >= 4 is 39.3 Å². The molecule has 0 bridgehead atoms. The first-order valence-electron chi connectivity index (χ1n) is 9.40. The van der Waals surface area contributed by atoms with E-state index in [1.807, 2.05) is 19.9 Å². The molecular formula is C21H23BrClNO5. The molecule has 1 atom stereocenters. The van der Waals surface area contributed by atoms with E-state index in [1.54, 1.807) is 18.2 Å². The number of hydrogen-bond acceptors (Lipinski definition) is 5. The highest BCUT2D eigenvalue weighted by Crippen LogP contribution is 2.28. The minimum atomic E-state index is -0.617. The van der Waals surface area contributed by atoms with Crippen molar-refractivity contribution < 1.29 is 23.8 Å². The van der Waals surface area contributed by atoms with Gasteiger partial charge in [0.2, 0.25) is 5.78 Å². The van der Waals surface area contributed by atoms with Gasteiger partial charge >= 0.3 is 5.97 Å². The molecule has 0 saturated carbocycles. The minimum absolute atomic E-state index is 0.185. The molecular weight excluding hydrogens is 462 g/mol. The minimum Gasteiger partial charge on any atom is -0.481 e. The molecule has 29 heavy (non-hydrogen) atoms. The first kappa shape index (κ1) is 21.9. The summed E-state index contributed by atoms with van der Waals surface area (Å²) in [6.07, 6.45) is 2.28. The van der Waals surface area contributed by atoms with Gasteiger partial charge in [-0.3, -0.25) is 4.79 Å². The van der Waals surface area contributed by atoms with Gasteiger partial charge in [-0.1, -0.05) is 11.6 Å². The maximum Gasteiger partial charge on any atom is 0.344 e. The van der Waals surface area contributed by atoms with Gasteiger partial charge in [0.25, 0.3) is 0 Å². The Morgan fingerprint density at radius 1 is 1.28 bits per heavy atom. The van der Waals surface area contributed by atoms with Crippen LogP contribution in [0.15, 0.2) is 28.7 Å². The second kappa shape index (κ2) is 9.78. The molecule has 1 aliphatic rings. The second-order valence-electron chi connectivity index (χ2n) is 6.98. The van der Waals surface area contributed by atoms with E-state index in [2.05, 4.69) is 20.5 Å². The molecule has 0 spiro atoms. The number of benzene rings is 1. The van der Waals surface area contributed by atoms with Crippen LogP contribution >= 0.6 is 27.5 Å². The SMILES string of the molecule is Cc1cc(C(=O)COC(=O)COc2ccc(Cl)cc2Br)c(C)n1CC1CCCO1. The molecule has 0 amide bonds. The van der Waals surface area contributed by atoms with Gasteiger partial charge in [0.05, 0.1) is 10.6 Å². The Hall–Kier alpha value is -1.83. The molecule has 0 N–H and O–H groups in total. The molecule has 1 unspecified atom stereocenters. The van der Waals surface area contributed by atoms with E-state index in [0.717, 1.165) is 37.4 Å². The number of carbonyl (C=O) groups excluding carboxylic acids is 2. The van der Waals surface area contributed by atoms with Crippen LogP contribution < -0.4 is 4.74 Å². The highest BCUT2D eigenvalue weighted by molar-refractivity contribution is 9.10. The summed E-state index contributed by atoms with van der Waals surface area (Å²) in [4.78, 5) is 24.5. The van der Waals surface area contributed by atoms with Crippen LogP contribution in [0.2, 0.25) is 5.02 Å². The van der Waals surface area contributed by atoms with Crippen molar-refractivity contribution in [2.75, 3.05) is 19.8 Å². The Labute approximate surface area is 183 Å². The maximum absolute atomic E-state index is 12.6. The topological polar surface area (TPSA) is 66.8 Å². The summed E-state index contributed by atoms with van der Waals surface area (Å²) < 4.78 is 18.9. The highest BCUT2D eigenvalue weighted by Gasteiger charge is 2.21. The summed E-state index contributed by atoms with van der Waals surface area (Å²) >= 11 is 9.18. The molecule has 0 aliphatic carbocycles. The van der Waals surface area contributed by atoms with Crippen molar-refractivity contribution in [1.29, 1.82) is 0 Å². The first-order valence-corrected chi connectivity index (χ1v) is 10.6. The average molecular weight is 485 g/mol. The average Bonchev–Trinajstić information content (AvgIpc) is 3.29. The van der Waals surface area contributed by atoms with Crippen molar-refractivity contribution in [3.05, 3.63) is 50.7 Å². The number of hydrogen-bond donors (Lipinski definition) is 0. The molecule has 6 nitrogen and oxygen atoms in total. The molecule has 1 saturated heterocycles. The zero-order valence-electron chi connectivity index (χ0n) is 16.4. The Morgan fingerprint density at radius 3 is 2.76 bits per heavy atom. The van der Waals surface area contributed by atoms with Gasteiger partial charge in [0.15, 0.2) is 13.2 Å². The lowest BCUT2D eigenvalue weighted by Crippen LogP contribution is -2.20. The number of halogens is 2. The molecule has 1 fully saturated rings. The lowest BCUT2D eigenvalue weighted by atomic mass is 10.1. The molecule has 2 heterocycles. The van der Waals surface area contributed by atoms with Gasteiger partial charge < -0.3 is 18.8 Å². The van der Waals surface area contributed by atoms with Gasteiger partial charge in [-0.2, -0.15) is 0 Å². The molecule has 3 rings (SSSR count). The fraction of sp³-hybridized carbons (Fsp3) is 0.429. The van der Waals surface area contributed by atoms with Crippen molar-refractivity contribution in [3.8, 4) is 5.75 Å². The lowest BCUT2D eigenvalue weighted by molar-refractivity contribution is -0.144. The molecule has 1 aromatic heterocycles. The fourth-order valence-corrected chi connectivity index (χ4v) is 4.15. The molecule has 0 radical (unpaired) electrons. The smallest absolute Gasteiger partial charge is 0.344 e. The van der Waals surface area contributed by atoms with Crippen molar-refractivity contribution in [1.82, 2.24) is 4.57 Å².